The second-order valence-corrected chi connectivity index (χ2v) is 11.3. The Labute approximate surface area is 217 Å². The molecule has 1 heterocycles. The van der Waals surface area contributed by atoms with E-state index >= 15 is 0 Å². The summed E-state index contributed by atoms with van der Waals surface area (Å²) in [5.74, 6) is -0.223. The number of aromatic nitrogens is 2. The van der Waals surface area contributed by atoms with Gasteiger partial charge in [0.15, 0.2) is 0 Å². The van der Waals surface area contributed by atoms with Crippen LogP contribution in [0.1, 0.15) is 31.9 Å². The minimum atomic E-state index is -3.88. The highest BCUT2D eigenvalue weighted by Gasteiger charge is 2.21. The van der Waals surface area contributed by atoms with Crippen LogP contribution in [0, 0.1) is 0 Å². The Morgan fingerprint density at radius 1 is 1.00 bits per heavy atom. The van der Waals surface area contributed by atoms with Crippen LogP contribution in [0.3, 0.4) is 0 Å². The fraction of sp³-hybridized carbons (Fsp3) is 0.250. The number of nitrogens with one attached hydrogen (secondary N) is 2. The summed E-state index contributed by atoms with van der Waals surface area (Å²) in [5.41, 5.74) is 2.20. The standard InChI is InChI=1S/C28H32N4O4S/c1-28(2,15-16-32-19-25(29-20-32)21-9-5-3-6-10-21)30-18-27(34)22-13-14-26(33)24(17-22)31-37(35,36)23-11-7-4-8-12-23/h3-14,17,19-20,27,30-31,33-34H,15-16,18H2,1-2H3/t27-/m0/s1. The van der Waals surface area contributed by atoms with Crippen LogP contribution in [0.2, 0.25) is 0 Å². The average molecular weight is 521 g/mol. The lowest BCUT2D eigenvalue weighted by atomic mass is 9.99. The first-order valence-corrected chi connectivity index (χ1v) is 13.5. The van der Waals surface area contributed by atoms with E-state index in [1.165, 1.54) is 24.3 Å². The number of rotatable bonds is 11. The van der Waals surface area contributed by atoms with E-state index < -0.39 is 16.1 Å². The van der Waals surface area contributed by atoms with Crippen LogP contribution in [-0.4, -0.2) is 40.3 Å². The Morgan fingerprint density at radius 2 is 1.68 bits per heavy atom. The summed E-state index contributed by atoms with van der Waals surface area (Å²) < 4.78 is 29.8. The molecule has 1 aromatic heterocycles. The van der Waals surface area contributed by atoms with Gasteiger partial charge in [-0.15, -0.1) is 0 Å². The number of β-amino-alcohol motifs (C(OH)–C–C–N with tert-alkyl or cyclic N) is 1. The quantitative estimate of drug-likeness (QED) is 0.216. The number of phenolic OH excluding ortho intramolecular Hbond substituents is 1. The predicted octanol–water partition coefficient (Wildman–Crippen LogP) is 4.55. The fourth-order valence-electron chi connectivity index (χ4n) is 3.87. The van der Waals surface area contributed by atoms with E-state index in [1.807, 2.05) is 47.4 Å². The van der Waals surface area contributed by atoms with Crippen LogP contribution in [-0.2, 0) is 16.6 Å². The molecule has 0 aliphatic heterocycles. The lowest BCUT2D eigenvalue weighted by molar-refractivity contribution is 0.158. The molecule has 0 fully saturated rings. The normalized spacial score (nSPS) is 12.8. The molecule has 0 amide bonds. The molecule has 0 saturated heterocycles. The van der Waals surface area contributed by atoms with Gasteiger partial charge in [-0.05, 0) is 50.1 Å². The first kappa shape index (κ1) is 26.4. The fourth-order valence-corrected chi connectivity index (χ4v) is 4.96. The number of hydrogen-bond donors (Lipinski definition) is 4. The van der Waals surface area contributed by atoms with Crippen LogP contribution < -0.4 is 10.0 Å². The zero-order valence-corrected chi connectivity index (χ0v) is 21.7. The minimum Gasteiger partial charge on any atom is -0.506 e. The van der Waals surface area contributed by atoms with Gasteiger partial charge in [0.2, 0.25) is 0 Å². The van der Waals surface area contributed by atoms with Gasteiger partial charge >= 0.3 is 0 Å². The molecule has 0 saturated carbocycles. The Kier molecular flexibility index (Phi) is 7.97. The number of benzene rings is 3. The van der Waals surface area contributed by atoms with Crippen molar-refractivity contribution in [1.29, 1.82) is 0 Å². The summed E-state index contributed by atoms with van der Waals surface area (Å²) in [4.78, 5) is 4.58. The van der Waals surface area contributed by atoms with Crippen molar-refractivity contribution in [1.82, 2.24) is 14.9 Å². The lowest BCUT2D eigenvalue weighted by Gasteiger charge is -2.28. The summed E-state index contributed by atoms with van der Waals surface area (Å²) in [6, 6.07) is 22.3. The van der Waals surface area contributed by atoms with Crippen LogP contribution in [0.15, 0.2) is 96.3 Å². The van der Waals surface area contributed by atoms with E-state index in [-0.39, 0.29) is 28.4 Å². The number of hydrogen-bond acceptors (Lipinski definition) is 6. The van der Waals surface area contributed by atoms with Gasteiger partial charge in [0.1, 0.15) is 5.75 Å². The number of anilines is 1. The summed E-state index contributed by atoms with van der Waals surface area (Å²) in [6.45, 7) is 5.12. The molecule has 4 aromatic rings. The lowest BCUT2D eigenvalue weighted by Crippen LogP contribution is -2.42. The summed E-state index contributed by atoms with van der Waals surface area (Å²) in [6.07, 6.45) is 3.73. The number of aliphatic hydroxyl groups excluding tert-OH is 1. The van der Waals surface area contributed by atoms with Crippen LogP contribution in [0.25, 0.3) is 11.3 Å². The molecule has 0 unspecified atom stereocenters. The van der Waals surface area contributed by atoms with Gasteiger partial charge in [0.25, 0.3) is 10.0 Å². The first-order chi connectivity index (χ1) is 17.6. The van der Waals surface area contributed by atoms with Gasteiger partial charge in [-0.1, -0.05) is 54.6 Å². The Bertz CT molecular complexity index is 1420. The highest BCUT2D eigenvalue weighted by Crippen LogP contribution is 2.29. The number of phenols is 1. The predicted molar refractivity (Wildman–Crippen MR) is 145 cm³/mol. The van der Waals surface area contributed by atoms with Crippen LogP contribution in [0.4, 0.5) is 5.69 Å². The SMILES string of the molecule is CC(C)(CCn1cnc(-c2ccccc2)c1)NC[C@H](O)c1ccc(O)c(NS(=O)(=O)c2ccccc2)c1. The zero-order chi connectivity index (χ0) is 26.5. The molecule has 0 aliphatic carbocycles. The molecule has 0 aliphatic rings. The van der Waals surface area contributed by atoms with E-state index in [1.54, 1.807) is 24.3 Å². The number of aliphatic hydroxyl groups is 1. The van der Waals surface area contributed by atoms with Gasteiger partial charge < -0.3 is 20.1 Å². The zero-order valence-electron chi connectivity index (χ0n) is 20.9. The summed E-state index contributed by atoms with van der Waals surface area (Å²) in [5, 5.41) is 24.4. The van der Waals surface area contributed by atoms with Crippen molar-refractivity contribution < 1.29 is 18.6 Å². The first-order valence-electron chi connectivity index (χ1n) is 12.0. The van der Waals surface area contributed by atoms with Crippen molar-refractivity contribution in [3.63, 3.8) is 0 Å². The Hall–Kier alpha value is -3.66. The van der Waals surface area contributed by atoms with Gasteiger partial charge in [0, 0.05) is 30.4 Å². The molecule has 0 bridgehead atoms. The summed E-state index contributed by atoms with van der Waals surface area (Å²) >= 11 is 0. The molecule has 9 heteroatoms. The highest BCUT2D eigenvalue weighted by molar-refractivity contribution is 7.92. The van der Waals surface area contributed by atoms with Crippen molar-refractivity contribution in [3.05, 3.63) is 97.0 Å². The molecular formula is C28H32N4O4S. The van der Waals surface area contributed by atoms with E-state index in [0.29, 0.717) is 5.56 Å². The number of imidazole rings is 1. The molecule has 0 radical (unpaired) electrons. The second-order valence-electron chi connectivity index (χ2n) is 9.59. The minimum absolute atomic E-state index is 0.00833. The maximum absolute atomic E-state index is 12.7. The number of aromatic hydroxyl groups is 1. The van der Waals surface area contributed by atoms with E-state index in [4.69, 9.17) is 0 Å². The van der Waals surface area contributed by atoms with E-state index in [2.05, 4.69) is 28.9 Å². The molecule has 1 atom stereocenters. The largest absolute Gasteiger partial charge is 0.506 e. The molecule has 194 valence electrons. The van der Waals surface area contributed by atoms with E-state index in [0.717, 1.165) is 24.2 Å². The van der Waals surface area contributed by atoms with Gasteiger partial charge in [-0.3, -0.25) is 4.72 Å². The monoisotopic (exact) mass is 520 g/mol. The highest BCUT2D eigenvalue weighted by atomic mass is 32.2. The second kappa shape index (κ2) is 11.2. The van der Waals surface area contributed by atoms with Crippen molar-refractivity contribution in [2.45, 2.75) is 43.4 Å². The Balaban J connectivity index is 1.35. The van der Waals surface area contributed by atoms with Gasteiger partial charge in [0.05, 0.1) is 28.7 Å². The maximum atomic E-state index is 12.7. The van der Waals surface area contributed by atoms with Crippen molar-refractivity contribution in [2.75, 3.05) is 11.3 Å². The molecule has 0 spiro atoms. The molecular weight excluding hydrogens is 488 g/mol. The third-order valence-electron chi connectivity index (χ3n) is 6.17. The Morgan fingerprint density at radius 3 is 2.38 bits per heavy atom. The van der Waals surface area contributed by atoms with Crippen molar-refractivity contribution in [3.8, 4) is 17.0 Å². The molecule has 8 nitrogen and oxygen atoms in total. The topological polar surface area (TPSA) is 116 Å². The third kappa shape index (κ3) is 6.97. The number of sulfonamides is 1. The molecule has 37 heavy (non-hydrogen) atoms. The molecule has 4 rings (SSSR count). The van der Waals surface area contributed by atoms with Gasteiger partial charge in [-0.25, -0.2) is 13.4 Å². The van der Waals surface area contributed by atoms with Crippen LogP contribution in [0.5, 0.6) is 5.75 Å². The molecule has 3 aromatic carbocycles. The van der Waals surface area contributed by atoms with Crippen molar-refractivity contribution >= 4 is 15.7 Å². The summed E-state index contributed by atoms with van der Waals surface area (Å²) in [7, 11) is -3.88. The number of nitrogens with zero attached hydrogens (tertiary/aromatic N) is 2. The smallest absolute Gasteiger partial charge is 0.262 e. The third-order valence-corrected chi connectivity index (χ3v) is 7.56. The molecule has 4 N–H and O–H groups in total. The van der Waals surface area contributed by atoms with Gasteiger partial charge in [-0.2, -0.15) is 0 Å². The maximum Gasteiger partial charge on any atom is 0.262 e. The van der Waals surface area contributed by atoms with Crippen molar-refractivity contribution in [2.24, 2.45) is 0 Å². The van der Waals surface area contributed by atoms with Crippen LogP contribution >= 0.6 is 0 Å². The average Bonchev–Trinajstić information content (AvgIpc) is 3.38. The van der Waals surface area contributed by atoms with E-state index in [9.17, 15) is 18.6 Å². The number of aryl methyl sites for hydroxylation is 1.